The van der Waals surface area contributed by atoms with Crippen LogP contribution in [-0.4, -0.2) is 30.9 Å². The molecule has 2 aromatic carbocycles. The van der Waals surface area contributed by atoms with E-state index in [1.54, 1.807) is 25.1 Å². The summed E-state index contributed by atoms with van der Waals surface area (Å²) >= 11 is 0. The highest BCUT2D eigenvalue weighted by atomic mass is 19.1. The summed E-state index contributed by atoms with van der Waals surface area (Å²) in [5, 5.41) is 5.20. The van der Waals surface area contributed by atoms with Crippen LogP contribution in [0.2, 0.25) is 0 Å². The molecule has 0 atom stereocenters. The van der Waals surface area contributed by atoms with Gasteiger partial charge in [-0.1, -0.05) is 6.07 Å². The van der Waals surface area contributed by atoms with Crippen LogP contribution in [0, 0.1) is 5.82 Å². The Morgan fingerprint density at radius 1 is 1.04 bits per heavy atom. The highest BCUT2D eigenvalue weighted by Crippen LogP contribution is 2.11. The molecule has 25 heavy (non-hydrogen) atoms. The van der Waals surface area contributed by atoms with Gasteiger partial charge in [0.1, 0.15) is 5.82 Å². The molecule has 0 bridgehead atoms. The van der Waals surface area contributed by atoms with Crippen LogP contribution in [-0.2, 0) is 9.53 Å². The van der Waals surface area contributed by atoms with Crippen molar-refractivity contribution >= 4 is 23.5 Å². The van der Waals surface area contributed by atoms with E-state index in [0.717, 1.165) is 12.1 Å². The Kier molecular flexibility index (Phi) is 6.22. The molecule has 6 nitrogen and oxygen atoms in total. The molecule has 0 spiro atoms. The Bertz CT molecular complexity index is 775. The number of esters is 1. The maximum Gasteiger partial charge on any atom is 0.338 e. The van der Waals surface area contributed by atoms with E-state index in [-0.39, 0.29) is 11.5 Å². The number of rotatable bonds is 6. The Morgan fingerprint density at radius 3 is 2.44 bits per heavy atom. The standard InChI is InChI=1S/C18H17FN2O4/c1-2-20-17(23)13-4-3-5-15(10-13)21-16(22)11-25-18(24)12-6-8-14(19)9-7-12/h3-10H,2,11H2,1H3,(H,20,23)(H,21,22). The van der Waals surface area contributed by atoms with E-state index in [1.165, 1.54) is 18.2 Å². The molecule has 2 amide bonds. The van der Waals surface area contributed by atoms with Gasteiger partial charge in [-0.15, -0.1) is 0 Å². The fourth-order valence-electron chi connectivity index (χ4n) is 2.00. The van der Waals surface area contributed by atoms with Gasteiger partial charge in [-0.25, -0.2) is 9.18 Å². The van der Waals surface area contributed by atoms with E-state index in [1.807, 2.05) is 0 Å². The minimum Gasteiger partial charge on any atom is -0.452 e. The van der Waals surface area contributed by atoms with Crippen LogP contribution in [0.4, 0.5) is 10.1 Å². The topological polar surface area (TPSA) is 84.5 Å². The molecule has 0 radical (unpaired) electrons. The van der Waals surface area contributed by atoms with Crippen molar-refractivity contribution in [2.45, 2.75) is 6.92 Å². The predicted molar refractivity (Wildman–Crippen MR) is 89.8 cm³/mol. The van der Waals surface area contributed by atoms with Gasteiger partial charge in [-0.3, -0.25) is 9.59 Å². The number of hydrogen-bond acceptors (Lipinski definition) is 4. The van der Waals surface area contributed by atoms with Crippen LogP contribution < -0.4 is 10.6 Å². The fraction of sp³-hybridized carbons (Fsp3) is 0.167. The lowest BCUT2D eigenvalue weighted by molar-refractivity contribution is -0.119. The third kappa shape index (κ3) is 5.42. The first-order valence-corrected chi connectivity index (χ1v) is 7.60. The molecule has 0 aliphatic carbocycles. The fourth-order valence-corrected chi connectivity index (χ4v) is 2.00. The van der Waals surface area contributed by atoms with Gasteiger partial charge in [-0.05, 0) is 49.4 Å². The van der Waals surface area contributed by atoms with E-state index >= 15 is 0 Å². The van der Waals surface area contributed by atoms with Crippen molar-refractivity contribution in [1.29, 1.82) is 0 Å². The summed E-state index contributed by atoms with van der Waals surface area (Å²) in [6.45, 7) is 1.80. The molecule has 0 aromatic heterocycles. The number of ether oxygens (including phenoxy) is 1. The van der Waals surface area contributed by atoms with Crippen LogP contribution in [0.3, 0.4) is 0 Å². The molecule has 2 rings (SSSR count). The Hall–Kier alpha value is -3.22. The maximum absolute atomic E-state index is 12.8. The molecule has 2 aromatic rings. The lowest BCUT2D eigenvalue weighted by atomic mass is 10.2. The molecule has 130 valence electrons. The van der Waals surface area contributed by atoms with E-state index in [9.17, 15) is 18.8 Å². The zero-order chi connectivity index (χ0) is 18.2. The first kappa shape index (κ1) is 18.1. The minimum atomic E-state index is -0.730. The van der Waals surface area contributed by atoms with E-state index in [2.05, 4.69) is 10.6 Å². The highest BCUT2D eigenvalue weighted by Gasteiger charge is 2.11. The van der Waals surface area contributed by atoms with Crippen LogP contribution >= 0.6 is 0 Å². The van der Waals surface area contributed by atoms with Crippen molar-refractivity contribution in [2.75, 3.05) is 18.5 Å². The molecule has 0 aliphatic rings. The average molecular weight is 344 g/mol. The normalized spacial score (nSPS) is 10.0. The summed E-state index contributed by atoms with van der Waals surface area (Å²) < 4.78 is 17.7. The van der Waals surface area contributed by atoms with Crippen LogP contribution in [0.25, 0.3) is 0 Å². The number of anilines is 1. The molecule has 2 N–H and O–H groups in total. The predicted octanol–water partition coefficient (Wildman–Crippen LogP) is 2.37. The van der Waals surface area contributed by atoms with Gasteiger partial charge in [-0.2, -0.15) is 0 Å². The first-order chi connectivity index (χ1) is 12.0. The first-order valence-electron chi connectivity index (χ1n) is 7.60. The number of halogens is 1. The Morgan fingerprint density at radius 2 is 1.76 bits per heavy atom. The minimum absolute atomic E-state index is 0.146. The largest absolute Gasteiger partial charge is 0.452 e. The second-order valence-electron chi connectivity index (χ2n) is 5.07. The molecular weight excluding hydrogens is 327 g/mol. The molecule has 0 fully saturated rings. The SMILES string of the molecule is CCNC(=O)c1cccc(NC(=O)COC(=O)c2ccc(F)cc2)c1. The summed E-state index contributed by atoms with van der Waals surface area (Å²) in [5.41, 5.74) is 0.960. The molecule has 7 heteroatoms. The number of benzene rings is 2. The summed E-state index contributed by atoms with van der Waals surface area (Å²) in [6.07, 6.45) is 0. The van der Waals surface area contributed by atoms with E-state index in [0.29, 0.717) is 17.8 Å². The van der Waals surface area contributed by atoms with Crippen molar-refractivity contribution in [3.63, 3.8) is 0 Å². The lowest BCUT2D eigenvalue weighted by Gasteiger charge is -2.08. The lowest BCUT2D eigenvalue weighted by Crippen LogP contribution is -2.23. The molecular formula is C18H17FN2O4. The van der Waals surface area contributed by atoms with Crippen LogP contribution in [0.1, 0.15) is 27.6 Å². The van der Waals surface area contributed by atoms with Crippen molar-refractivity contribution in [3.05, 3.63) is 65.5 Å². The van der Waals surface area contributed by atoms with Crippen LogP contribution in [0.5, 0.6) is 0 Å². The molecule has 0 saturated heterocycles. The van der Waals surface area contributed by atoms with Gasteiger partial charge in [0.25, 0.3) is 11.8 Å². The number of hydrogen-bond donors (Lipinski definition) is 2. The van der Waals surface area contributed by atoms with Gasteiger partial charge in [0.15, 0.2) is 6.61 Å². The molecule has 0 heterocycles. The third-order valence-corrected chi connectivity index (χ3v) is 3.16. The average Bonchev–Trinajstić information content (AvgIpc) is 2.61. The van der Waals surface area contributed by atoms with Gasteiger partial charge in [0, 0.05) is 17.8 Å². The van der Waals surface area contributed by atoms with Crippen molar-refractivity contribution in [1.82, 2.24) is 5.32 Å². The summed E-state index contributed by atoms with van der Waals surface area (Å²) in [4.78, 5) is 35.4. The van der Waals surface area contributed by atoms with Gasteiger partial charge >= 0.3 is 5.97 Å². The van der Waals surface area contributed by atoms with Gasteiger partial charge in [0.2, 0.25) is 0 Å². The Balaban J connectivity index is 1.90. The summed E-state index contributed by atoms with van der Waals surface area (Å²) in [7, 11) is 0. The Labute approximate surface area is 144 Å². The zero-order valence-electron chi connectivity index (χ0n) is 13.5. The smallest absolute Gasteiger partial charge is 0.338 e. The summed E-state index contributed by atoms with van der Waals surface area (Å²) in [5.74, 6) is -2.00. The van der Waals surface area contributed by atoms with Crippen LogP contribution in [0.15, 0.2) is 48.5 Å². The number of carbonyl (C=O) groups excluding carboxylic acids is 3. The number of carbonyl (C=O) groups is 3. The molecule has 0 aliphatic heterocycles. The number of nitrogens with one attached hydrogen (secondary N) is 2. The highest BCUT2D eigenvalue weighted by molar-refractivity contribution is 5.98. The molecule has 0 unspecified atom stereocenters. The quantitative estimate of drug-likeness (QED) is 0.788. The zero-order valence-corrected chi connectivity index (χ0v) is 13.5. The summed E-state index contributed by atoms with van der Waals surface area (Å²) in [6, 6.07) is 11.2. The maximum atomic E-state index is 12.8. The van der Waals surface area contributed by atoms with E-state index < -0.39 is 24.3 Å². The third-order valence-electron chi connectivity index (χ3n) is 3.16. The van der Waals surface area contributed by atoms with Crippen molar-refractivity contribution in [2.24, 2.45) is 0 Å². The van der Waals surface area contributed by atoms with E-state index in [4.69, 9.17) is 4.74 Å². The van der Waals surface area contributed by atoms with Gasteiger partial charge < -0.3 is 15.4 Å². The monoisotopic (exact) mass is 344 g/mol. The second-order valence-corrected chi connectivity index (χ2v) is 5.07. The number of amides is 2. The van der Waals surface area contributed by atoms with Gasteiger partial charge in [0.05, 0.1) is 5.56 Å². The van der Waals surface area contributed by atoms with Crippen molar-refractivity contribution < 1.29 is 23.5 Å². The van der Waals surface area contributed by atoms with Crippen molar-refractivity contribution in [3.8, 4) is 0 Å². The second kappa shape index (κ2) is 8.58. The molecule has 0 saturated carbocycles.